The molecular weight excluding hydrogens is 256 g/mol. The summed E-state index contributed by atoms with van der Waals surface area (Å²) in [6, 6.07) is 10.7. The average molecular weight is 288 g/mol. The van der Waals surface area contributed by atoms with Gasteiger partial charge in [-0.2, -0.15) is 0 Å². The lowest BCUT2D eigenvalue weighted by Gasteiger charge is -2.43. The van der Waals surface area contributed by atoms with Crippen LogP contribution in [-0.2, 0) is 6.42 Å². The van der Waals surface area contributed by atoms with Crippen molar-refractivity contribution < 1.29 is 0 Å². The first-order valence-electron chi connectivity index (χ1n) is 8.59. The number of nitrogens with zero attached hydrogens (tertiary/aromatic N) is 1. The largest absolute Gasteiger partial charge is 0.309 e. The van der Waals surface area contributed by atoms with Crippen molar-refractivity contribution in [3.05, 3.63) is 35.4 Å². The number of hydrogen-bond donors (Lipinski definition) is 1. The summed E-state index contributed by atoms with van der Waals surface area (Å²) in [6.45, 7) is 10.4. The van der Waals surface area contributed by atoms with Crippen LogP contribution in [0.1, 0.15) is 57.7 Å². The van der Waals surface area contributed by atoms with Crippen LogP contribution in [0, 0.1) is 5.92 Å². The van der Waals surface area contributed by atoms with Crippen molar-refractivity contribution in [2.75, 3.05) is 13.6 Å². The first kappa shape index (κ1) is 16.5. The van der Waals surface area contributed by atoms with E-state index in [0.717, 1.165) is 6.54 Å². The van der Waals surface area contributed by atoms with Crippen molar-refractivity contribution in [1.82, 2.24) is 10.2 Å². The molecule has 3 unspecified atom stereocenters. The predicted octanol–water partition coefficient (Wildman–Crippen LogP) is 4.02. The van der Waals surface area contributed by atoms with Crippen molar-refractivity contribution in [2.24, 2.45) is 5.92 Å². The van der Waals surface area contributed by atoms with Gasteiger partial charge in [-0.25, -0.2) is 0 Å². The van der Waals surface area contributed by atoms with Crippen LogP contribution in [0.3, 0.4) is 0 Å². The molecule has 1 aliphatic carbocycles. The molecule has 0 amide bonds. The van der Waals surface area contributed by atoms with Crippen LogP contribution in [0.5, 0.6) is 0 Å². The van der Waals surface area contributed by atoms with E-state index in [1.165, 1.54) is 30.4 Å². The molecule has 0 heterocycles. The molecule has 3 atom stereocenters. The number of aryl methyl sites for hydroxylation is 1. The molecule has 2 heteroatoms. The molecule has 1 N–H and O–H groups in total. The molecule has 0 fully saturated rings. The van der Waals surface area contributed by atoms with Gasteiger partial charge in [-0.05, 0) is 56.8 Å². The van der Waals surface area contributed by atoms with Crippen molar-refractivity contribution in [1.29, 1.82) is 0 Å². The molecule has 2 rings (SSSR count). The topological polar surface area (TPSA) is 15.3 Å². The third-order valence-corrected chi connectivity index (χ3v) is 5.23. The summed E-state index contributed by atoms with van der Waals surface area (Å²) in [5.41, 5.74) is 3.05. The summed E-state index contributed by atoms with van der Waals surface area (Å²) in [4.78, 5) is 2.61. The van der Waals surface area contributed by atoms with E-state index in [0.29, 0.717) is 24.0 Å². The van der Waals surface area contributed by atoms with Crippen molar-refractivity contribution in [3.63, 3.8) is 0 Å². The zero-order chi connectivity index (χ0) is 15.4. The summed E-state index contributed by atoms with van der Waals surface area (Å²) >= 11 is 0. The molecular formula is C19H32N2. The van der Waals surface area contributed by atoms with Crippen molar-refractivity contribution >= 4 is 0 Å². The molecule has 0 aliphatic heterocycles. The third kappa shape index (κ3) is 3.67. The highest BCUT2D eigenvalue weighted by Gasteiger charge is 2.33. The van der Waals surface area contributed by atoms with Crippen molar-refractivity contribution in [3.8, 4) is 0 Å². The highest BCUT2D eigenvalue weighted by molar-refractivity contribution is 5.34. The Hall–Kier alpha value is -0.860. The molecule has 2 nitrogen and oxygen atoms in total. The van der Waals surface area contributed by atoms with Crippen LogP contribution >= 0.6 is 0 Å². The first-order chi connectivity index (χ1) is 10.1. The van der Waals surface area contributed by atoms with E-state index in [1.54, 1.807) is 0 Å². The summed E-state index contributed by atoms with van der Waals surface area (Å²) in [5, 5.41) is 3.81. The Morgan fingerprint density at radius 1 is 1.24 bits per heavy atom. The molecule has 1 aliphatic rings. The van der Waals surface area contributed by atoms with E-state index in [9.17, 15) is 0 Å². The Morgan fingerprint density at radius 3 is 2.62 bits per heavy atom. The maximum absolute atomic E-state index is 3.81. The van der Waals surface area contributed by atoms with Gasteiger partial charge < -0.3 is 5.32 Å². The minimum Gasteiger partial charge on any atom is -0.309 e. The van der Waals surface area contributed by atoms with Crippen molar-refractivity contribution in [2.45, 2.75) is 65.1 Å². The lowest BCUT2D eigenvalue weighted by molar-refractivity contribution is 0.106. The number of hydrogen-bond acceptors (Lipinski definition) is 2. The van der Waals surface area contributed by atoms with Gasteiger partial charge >= 0.3 is 0 Å². The fourth-order valence-corrected chi connectivity index (χ4v) is 3.50. The summed E-state index contributed by atoms with van der Waals surface area (Å²) in [5.74, 6) is 0.694. The van der Waals surface area contributed by atoms with Gasteiger partial charge in [0, 0.05) is 18.1 Å². The van der Waals surface area contributed by atoms with E-state index < -0.39 is 0 Å². The molecule has 0 saturated heterocycles. The molecule has 0 saturated carbocycles. The van der Waals surface area contributed by atoms with E-state index >= 15 is 0 Å². The predicted molar refractivity (Wildman–Crippen MR) is 91.6 cm³/mol. The lowest BCUT2D eigenvalue weighted by Crippen LogP contribution is -2.50. The Kier molecular flexibility index (Phi) is 5.83. The Labute approximate surface area is 130 Å². The molecule has 1 aromatic rings. The van der Waals surface area contributed by atoms with Crippen LogP contribution in [0.4, 0.5) is 0 Å². The van der Waals surface area contributed by atoms with Crippen LogP contribution in [0.25, 0.3) is 0 Å². The maximum Gasteiger partial charge on any atom is 0.0481 e. The SMILES string of the molecule is CCCNC1c2ccccc2CCC1N(C)C(C)C(C)C. The number of fused-ring (bicyclic) bond motifs is 1. The summed E-state index contributed by atoms with van der Waals surface area (Å²) < 4.78 is 0. The number of benzene rings is 1. The molecule has 0 bridgehead atoms. The van der Waals surface area contributed by atoms with Gasteiger partial charge in [0.25, 0.3) is 0 Å². The zero-order valence-corrected chi connectivity index (χ0v) is 14.4. The first-order valence-corrected chi connectivity index (χ1v) is 8.59. The Balaban J connectivity index is 2.24. The molecule has 118 valence electrons. The maximum atomic E-state index is 3.81. The van der Waals surface area contributed by atoms with Gasteiger partial charge in [0.1, 0.15) is 0 Å². The van der Waals surface area contributed by atoms with Crippen LogP contribution in [0.15, 0.2) is 24.3 Å². The van der Waals surface area contributed by atoms with E-state index in [2.05, 4.69) is 69.2 Å². The third-order valence-electron chi connectivity index (χ3n) is 5.23. The van der Waals surface area contributed by atoms with Crippen LogP contribution < -0.4 is 5.32 Å². The van der Waals surface area contributed by atoms with Gasteiger partial charge in [0.2, 0.25) is 0 Å². The number of rotatable bonds is 6. The van der Waals surface area contributed by atoms with E-state index in [1.807, 2.05) is 0 Å². The van der Waals surface area contributed by atoms with Gasteiger partial charge in [-0.1, -0.05) is 45.0 Å². The van der Waals surface area contributed by atoms with Gasteiger partial charge in [0.05, 0.1) is 0 Å². The van der Waals surface area contributed by atoms with Gasteiger partial charge in [0.15, 0.2) is 0 Å². The quantitative estimate of drug-likeness (QED) is 0.850. The number of nitrogens with one attached hydrogen (secondary N) is 1. The highest BCUT2D eigenvalue weighted by Crippen LogP contribution is 2.34. The van der Waals surface area contributed by atoms with Gasteiger partial charge in [-0.3, -0.25) is 4.90 Å². The molecule has 21 heavy (non-hydrogen) atoms. The number of likely N-dealkylation sites (N-methyl/N-ethyl adjacent to an activating group) is 1. The summed E-state index contributed by atoms with van der Waals surface area (Å²) in [6.07, 6.45) is 3.65. The Bertz CT molecular complexity index is 441. The smallest absolute Gasteiger partial charge is 0.0481 e. The molecule has 0 aromatic heterocycles. The molecule has 0 radical (unpaired) electrons. The zero-order valence-electron chi connectivity index (χ0n) is 14.4. The lowest BCUT2D eigenvalue weighted by atomic mass is 9.82. The normalized spacial score (nSPS) is 23.4. The average Bonchev–Trinajstić information content (AvgIpc) is 2.50. The molecule has 0 spiro atoms. The minimum atomic E-state index is 0.473. The Morgan fingerprint density at radius 2 is 1.95 bits per heavy atom. The van der Waals surface area contributed by atoms with Gasteiger partial charge in [-0.15, -0.1) is 0 Å². The molecule has 1 aromatic carbocycles. The fourth-order valence-electron chi connectivity index (χ4n) is 3.50. The van der Waals surface area contributed by atoms with Crippen LogP contribution in [0.2, 0.25) is 0 Å². The van der Waals surface area contributed by atoms with E-state index in [4.69, 9.17) is 0 Å². The van der Waals surface area contributed by atoms with E-state index in [-0.39, 0.29) is 0 Å². The second-order valence-corrected chi connectivity index (χ2v) is 6.89. The monoisotopic (exact) mass is 288 g/mol. The summed E-state index contributed by atoms with van der Waals surface area (Å²) in [7, 11) is 2.31. The second kappa shape index (κ2) is 7.42. The van der Waals surface area contributed by atoms with Crippen LogP contribution in [-0.4, -0.2) is 30.6 Å². The minimum absolute atomic E-state index is 0.473. The standard InChI is InChI=1S/C19H32N2/c1-6-13-20-19-17-10-8-7-9-16(17)11-12-18(19)21(5)15(4)14(2)3/h7-10,14-15,18-20H,6,11-13H2,1-5H3. The highest BCUT2D eigenvalue weighted by atomic mass is 15.2. The fraction of sp³-hybridized carbons (Fsp3) is 0.684. The second-order valence-electron chi connectivity index (χ2n) is 6.89.